The Labute approximate surface area is 107 Å². The topological polar surface area (TPSA) is 92.9 Å². The number of nitrogens with zero attached hydrogens (tertiary/aromatic N) is 2. The number of carbonyl (C=O) groups excluding carboxylic acids is 1. The van der Waals surface area contributed by atoms with E-state index in [1.807, 2.05) is 20.8 Å². The molecule has 18 heavy (non-hydrogen) atoms. The van der Waals surface area contributed by atoms with Gasteiger partial charge < -0.3 is 16.4 Å². The summed E-state index contributed by atoms with van der Waals surface area (Å²) < 4.78 is 0. The maximum absolute atomic E-state index is 11.5. The lowest BCUT2D eigenvalue weighted by atomic mass is 10.3. The van der Waals surface area contributed by atoms with E-state index in [2.05, 4.69) is 20.6 Å². The van der Waals surface area contributed by atoms with Gasteiger partial charge in [0.25, 0.3) is 0 Å². The second kappa shape index (κ2) is 6.78. The zero-order chi connectivity index (χ0) is 13.5. The van der Waals surface area contributed by atoms with Gasteiger partial charge in [-0.3, -0.25) is 4.79 Å². The number of nitrogens with one attached hydrogen (secondary N) is 2. The Morgan fingerprint density at radius 1 is 1.33 bits per heavy atom. The second-order valence-electron chi connectivity index (χ2n) is 4.06. The Hall–Kier alpha value is -1.85. The first-order chi connectivity index (χ1) is 8.58. The molecule has 6 heteroatoms. The molecule has 1 heterocycles. The van der Waals surface area contributed by atoms with Crippen molar-refractivity contribution >= 4 is 17.5 Å². The summed E-state index contributed by atoms with van der Waals surface area (Å²) in [5, 5.41) is 5.78. The molecule has 0 saturated carbocycles. The molecule has 0 fully saturated rings. The molecular formula is C12H21N5O. The molecule has 100 valence electrons. The Bertz CT molecular complexity index is 419. The van der Waals surface area contributed by atoms with Gasteiger partial charge in [0.2, 0.25) is 5.91 Å². The molecule has 0 bridgehead atoms. The molecule has 0 aromatic carbocycles. The molecule has 4 N–H and O–H groups in total. The van der Waals surface area contributed by atoms with Crippen LogP contribution in [0.15, 0.2) is 0 Å². The van der Waals surface area contributed by atoms with E-state index >= 15 is 0 Å². The number of carbonyl (C=O) groups is 1. The van der Waals surface area contributed by atoms with Crippen LogP contribution in [0.4, 0.5) is 11.6 Å². The fourth-order valence-corrected chi connectivity index (χ4v) is 1.40. The fourth-order valence-electron chi connectivity index (χ4n) is 1.40. The molecule has 0 spiro atoms. The zero-order valence-corrected chi connectivity index (χ0v) is 11.2. The maximum atomic E-state index is 11.5. The monoisotopic (exact) mass is 251 g/mol. The molecule has 1 aromatic rings. The maximum Gasteiger partial charge on any atom is 0.239 e. The molecule has 1 aromatic heterocycles. The Morgan fingerprint density at radius 2 is 2.06 bits per heavy atom. The van der Waals surface area contributed by atoms with Gasteiger partial charge in [0.15, 0.2) is 0 Å². The first-order valence-electron chi connectivity index (χ1n) is 6.22. The van der Waals surface area contributed by atoms with Crippen molar-refractivity contribution in [3.8, 4) is 0 Å². The smallest absolute Gasteiger partial charge is 0.239 e. The molecule has 6 nitrogen and oxygen atoms in total. The van der Waals surface area contributed by atoms with Crippen molar-refractivity contribution in [3.63, 3.8) is 0 Å². The lowest BCUT2D eigenvalue weighted by Crippen LogP contribution is -2.30. The van der Waals surface area contributed by atoms with Crippen LogP contribution in [0.25, 0.3) is 0 Å². The van der Waals surface area contributed by atoms with Gasteiger partial charge in [0.05, 0.1) is 6.54 Å². The minimum Gasteiger partial charge on any atom is -0.383 e. The van der Waals surface area contributed by atoms with Gasteiger partial charge in [0.1, 0.15) is 17.5 Å². The summed E-state index contributed by atoms with van der Waals surface area (Å²) in [4.78, 5) is 20.0. The summed E-state index contributed by atoms with van der Waals surface area (Å²) in [5.41, 5.74) is 6.57. The van der Waals surface area contributed by atoms with Gasteiger partial charge in [0, 0.05) is 18.5 Å². The van der Waals surface area contributed by atoms with Crippen LogP contribution in [0.3, 0.4) is 0 Å². The van der Waals surface area contributed by atoms with Crippen LogP contribution in [-0.2, 0) is 11.2 Å². The van der Waals surface area contributed by atoms with Gasteiger partial charge in [-0.2, -0.15) is 0 Å². The molecular weight excluding hydrogens is 230 g/mol. The minimum atomic E-state index is -0.0496. The molecule has 0 saturated heterocycles. The number of hydrogen-bond donors (Lipinski definition) is 3. The van der Waals surface area contributed by atoms with Crippen LogP contribution >= 0.6 is 0 Å². The largest absolute Gasteiger partial charge is 0.383 e. The average Bonchev–Trinajstić information content (AvgIpc) is 2.37. The summed E-state index contributed by atoms with van der Waals surface area (Å²) in [6, 6.07) is 0. The predicted octanol–water partition coefficient (Wildman–Crippen LogP) is 0.868. The second-order valence-corrected chi connectivity index (χ2v) is 4.06. The summed E-state index contributed by atoms with van der Waals surface area (Å²) in [7, 11) is 0. The highest BCUT2D eigenvalue weighted by molar-refractivity contribution is 5.80. The molecule has 1 rings (SSSR count). The number of aryl methyl sites for hydroxylation is 1. The number of anilines is 2. The van der Waals surface area contributed by atoms with E-state index in [0.717, 1.165) is 12.0 Å². The highest BCUT2D eigenvalue weighted by atomic mass is 16.1. The lowest BCUT2D eigenvalue weighted by Gasteiger charge is -2.11. The standard InChI is InChI=1S/C12H21N5O/c1-4-6-14-10(18)7-15-12-8(3)11(13)16-9(5-2)17-12/h4-7H2,1-3H3,(H,14,18)(H3,13,15,16,17). The third kappa shape index (κ3) is 3.87. The van der Waals surface area contributed by atoms with E-state index in [1.165, 1.54) is 0 Å². The molecule has 0 aliphatic carbocycles. The Kier molecular flexibility index (Phi) is 5.35. The van der Waals surface area contributed by atoms with Crippen molar-refractivity contribution in [1.82, 2.24) is 15.3 Å². The average molecular weight is 251 g/mol. The summed E-state index contributed by atoms with van der Waals surface area (Å²) in [5.74, 6) is 1.71. The van der Waals surface area contributed by atoms with Crippen LogP contribution < -0.4 is 16.4 Å². The SMILES string of the molecule is CCCNC(=O)CNc1nc(CC)nc(N)c1C. The number of aromatic nitrogens is 2. The van der Waals surface area contributed by atoms with Gasteiger partial charge in [-0.25, -0.2) is 9.97 Å². The van der Waals surface area contributed by atoms with Gasteiger partial charge in [-0.05, 0) is 13.3 Å². The summed E-state index contributed by atoms with van der Waals surface area (Å²) in [6.07, 6.45) is 1.63. The number of nitrogen functional groups attached to an aromatic ring is 1. The van der Waals surface area contributed by atoms with Crippen molar-refractivity contribution in [1.29, 1.82) is 0 Å². The predicted molar refractivity (Wildman–Crippen MR) is 72.3 cm³/mol. The highest BCUT2D eigenvalue weighted by Gasteiger charge is 2.08. The molecule has 0 unspecified atom stereocenters. The molecule has 1 amide bonds. The first kappa shape index (κ1) is 14.2. The number of hydrogen-bond acceptors (Lipinski definition) is 5. The fraction of sp³-hybridized carbons (Fsp3) is 0.583. The quantitative estimate of drug-likeness (QED) is 0.697. The van der Waals surface area contributed by atoms with Crippen molar-refractivity contribution in [2.45, 2.75) is 33.6 Å². The van der Waals surface area contributed by atoms with Gasteiger partial charge >= 0.3 is 0 Å². The summed E-state index contributed by atoms with van der Waals surface area (Å²) in [6.45, 7) is 6.69. The third-order valence-electron chi connectivity index (χ3n) is 2.53. The van der Waals surface area contributed by atoms with Crippen LogP contribution in [0.5, 0.6) is 0 Å². The lowest BCUT2D eigenvalue weighted by molar-refractivity contribution is -0.119. The van der Waals surface area contributed by atoms with Crippen LogP contribution in [0.2, 0.25) is 0 Å². The van der Waals surface area contributed by atoms with Crippen molar-refractivity contribution in [3.05, 3.63) is 11.4 Å². The van der Waals surface area contributed by atoms with E-state index in [9.17, 15) is 4.79 Å². The van der Waals surface area contributed by atoms with Crippen molar-refractivity contribution in [2.75, 3.05) is 24.1 Å². The first-order valence-corrected chi connectivity index (χ1v) is 6.22. The Balaban J connectivity index is 2.66. The van der Waals surface area contributed by atoms with Gasteiger partial charge in [-0.15, -0.1) is 0 Å². The van der Waals surface area contributed by atoms with E-state index < -0.39 is 0 Å². The number of amides is 1. The minimum absolute atomic E-state index is 0.0496. The van der Waals surface area contributed by atoms with Crippen LogP contribution in [0, 0.1) is 6.92 Å². The third-order valence-corrected chi connectivity index (χ3v) is 2.53. The molecule has 0 aliphatic heterocycles. The van der Waals surface area contributed by atoms with Crippen LogP contribution in [0.1, 0.15) is 31.7 Å². The highest BCUT2D eigenvalue weighted by Crippen LogP contribution is 2.16. The van der Waals surface area contributed by atoms with E-state index in [1.54, 1.807) is 0 Å². The van der Waals surface area contributed by atoms with Crippen molar-refractivity contribution in [2.24, 2.45) is 0 Å². The molecule has 0 atom stereocenters. The number of nitrogens with two attached hydrogens (primary N) is 1. The van der Waals surface area contributed by atoms with E-state index in [0.29, 0.717) is 30.4 Å². The zero-order valence-electron chi connectivity index (χ0n) is 11.2. The van der Waals surface area contributed by atoms with E-state index in [4.69, 9.17) is 5.73 Å². The summed E-state index contributed by atoms with van der Waals surface area (Å²) >= 11 is 0. The van der Waals surface area contributed by atoms with Crippen molar-refractivity contribution < 1.29 is 4.79 Å². The molecule has 0 aliphatic rings. The van der Waals surface area contributed by atoms with E-state index in [-0.39, 0.29) is 12.5 Å². The Morgan fingerprint density at radius 3 is 2.67 bits per heavy atom. The normalized spacial score (nSPS) is 10.2. The van der Waals surface area contributed by atoms with Gasteiger partial charge in [-0.1, -0.05) is 13.8 Å². The van der Waals surface area contributed by atoms with Crippen LogP contribution in [-0.4, -0.2) is 29.0 Å². The number of rotatable bonds is 6. The molecule has 0 radical (unpaired) electrons.